The molecule has 6 nitrogen and oxygen atoms in total. The van der Waals surface area contributed by atoms with Gasteiger partial charge in [0.25, 0.3) is 11.5 Å². The zero-order chi connectivity index (χ0) is 18.5. The first kappa shape index (κ1) is 18.3. The van der Waals surface area contributed by atoms with Gasteiger partial charge in [0, 0.05) is 19.2 Å². The molecule has 1 amide bonds. The summed E-state index contributed by atoms with van der Waals surface area (Å²) >= 11 is 0. The summed E-state index contributed by atoms with van der Waals surface area (Å²) in [4.78, 5) is 26.4. The fourth-order valence-corrected chi connectivity index (χ4v) is 3.52. The molecule has 1 aliphatic rings. The predicted octanol–water partition coefficient (Wildman–Crippen LogP) is 2.29. The summed E-state index contributed by atoms with van der Waals surface area (Å²) < 4.78 is 1.17. The minimum absolute atomic E-state index is 0.0913. The number of hydrogen-bond donors (Lipinski definition) is 1. The molecular weight excluding hydrogens is 330 g/mol. The molecule has 1 saturated carbocycles. The molecule has 0 radical (unpaired) electrons. The van der Waals surface area contributed by atoms with Crippen LogP contribution in [0.1, 0.15) is 54.3 Å². The summed E-state index contributed by atoms with van der Waals surface area (Å²) in [6.07, 6.45) is 4.44. The fourth-order valence-electron chi connectivity index (χ4n) is 3.52. The van der Waals surface area contributed by atoms with Gasteiger partial charge in [0.05, 0.1) is 12.6 Å². The molecule has 0 bridgehead atoms. The molecule has 1 fully saturated rings. The van der Waals surface area contributed by atoms with Gasteiger partial charge in [0.2, 0.25) is 0 Å². The smallest absolute Gasteiger partial charge is 0.274 e. The maximum atomic E-state index is 13.1. The Labute approximate surface area is 153 Å². The van der Waals surface area contributed by atoms with Gasteiger partial charge in [-0.2, -0.15) is 5.10 Å². The van der Waals surface area contributed by atoms with Crippen molar-refractivity contribution in [3.8, 4) is 0 Å². The minimum atomic E-state index is -0.755. The summed E-state index contributed by atoms with van der Waals surface area (Å²) in [5.41, 5.74) is 0.766. The highest BCUT2D eigenvalue weighted by Gasteiger charge is 2.29. The second-order valence-electron chi connectivity index (χ2n) is 6.86. The number of aryl methyl sites for hydroxylation is 1. The van der Waals surface area contributed by atoms with Crippen LogP contribution in [0.3, 0.4) is 0 Å². The Bertz CT molecular complexity index is 797. The van der Waals surface area contributed by atoms with Crippen molar-refractivity contribution in [3.63, 3.8) is 0 Å². The van der Waals surface area contributed by atoms with Gasteiger partial charge in [0.15, 0.2) is 0 Å². The molecule has 1 aromatic carbocycles. The van der Waals surface area contributed by atoms with Gasteiger partial charge in [-0.3, -0.25) is 9.59 Å². The first-order chi connectivity index (χ1) is 12.6. The van der Waals surface area contributed by atoms with Crippen molar-refractivity contribution < 1.29 is 9.90 Å². The molecule has 1 N–H and O–H groups in total. The molecule has 0 aliphatic heterocycles. The molecule has 0 unspecified atom stereocenters. The lowest BCUT2D eigenvalue weighted by Crippen LogP contribution is -2.44. The molecule has 1 heterocycles. The minimum Gasteiger partial charge on any atom is -0.387 e. The van der Waals surface area contributed by atoms with Crippen LogP contribution in [-0.2, 0) is 7.05 Å². The molecule has 1 atom stereocenters. The number of benzene rings is 1. The molecule has 2 aromatic rings. The van der Waals surface area contributed by atoms with E-state index in [0.29, 0.717) is 0 Å². The highest BCUT2D eigenvalue weighted by Crippen LogP contribution is 2.26. The normalized spacial score (nSPS) is 16.2. The fraction of sp³-hybridized carbons (Fsp3) is 0.450. The van der Waals surface area contributed by atoms with E-state index < -0.39 is 6.10 Å². The zero-order valence-corrected chi connectivity index (χ0v) is 15.0. The third-order valence-corrected chi connectivity index (χ3v) is 5.01. The summed E-state index contributed by atoms with van der Waals surface area (Å²) in [6.45, 7) is 0.220. The number of amides is 1. The van der Waals surface area contributed by atoms with Gasteiger partial charge < -0.3 is 10.0 Å². The first-order valence-corrected chi connectivity index (χ1v) is 9.14. The van der Waals surface area contributed by atoms with Crippen molar-refractivity contribution in [2.75, 3.05) is 6.54 Å². The predicted molar refractivity (Wildman–Crippen MR) is 98.8 cm³/mol. The molecule has 138 valence electrons. The van der Waals surface area contributed by atoms with Crippen molar-refractivity contribution in [2.45, 2.75) is 44.2 Å². The van der Waals surface area contributed by atoms with Crippen LogP contribution in [0.5, 0.6) is 0 Å². The number of carbonyl (C=O) groups is 1. The summed E-state index contributed by atoms with van der Waals surface area (Å²) in [5.74, 6) is -0.234. The van der Waals surface area contributed by atoms with Gasteiger partial charge in [0.1, 0.15) is 5.69 Å². The average Bonchev–Trinajstić information content (AvgIpc) is 2.69. The Kier molecular flexibility index (Phi) is 5.83. The quantitative estimate of drug-likeness (QED) is 0.893. The Balaban J connectivity index is 1.85. The lowest BCUT2D eigenvalue weighted by atomic mass is 9.93. The van der Waals surface area contributed by atoms with Gasteiger partial charge in [-0.15, -0.1) is 0 Å². The number of nitrogens with zero attached hydrogens (tertiary/aromatic N) is 3. The molecule has 0 saturated heterocycles. The third kappa shape index (κ3) is 4.19. The van der Waals surface area contributed by atoms with Crippen LogP contribution in [0.4, 0.5) is 0 Å². The van der Waals surface area contributed by atoms with E-state index in [1.165, 1.54) is 30.3 Å². The zero-order valence-electron chi connectivity index (χ0n) is 15.0. The van der Waals surface area contributed by atoms with Gasteiger partial charge in [-0.05, 0) is 24.5 Å². The van der Waals surface area contributed by atoms with Gasteiger partial charge >= 0.3 is 0 Å². The lowest BCUT2D eigenvalue weighted by Gasteiger charge is -2.35. The van der Waals surface area contributed by atoms with E-state index in [1.54, 1.807) is 4.90 Å². The molecular formula is C20H25N3O3. The highest BCUT2D eigenvalue weighted by atomic mass is 16.3. The second kappa shape index (κ2) is 8.27. The standard InChI is InChI=1S/C20H25N3O3/c1-22-19(25)13-12-17(21-22)20(26)23(16-10-6-3-7-11-16)14-18(24)15-8-4-2-5-9-15/h2,4-5,8-9,12-13,16,18,24H,3,6-7,10-11,14H2,1H3/t18-/m0/s1. The van der Waals surface area contributed by atoms with Crippen molar-refractivity contribution in [2.24, 2.45) is 7.05 Å². The summed E-state index contributed by atoms with van der Waals surface area (Å²) in [7, 11) is 1.53. The maximum absolute atomic E-state index is 13.1. The van der Waals surface area contributed by atoms with Crippen LogP contribution in [0, 0.1) is 0 Å². The molecule has 3 rings (SSSR count). The summed E-state index contributed by atoms with van der Waals surface area (Å²) in [6, 6.07) is 12.3. The Morgan fingerprint density at radius 2 is 1.88 bits per heavy atom. The molecule has 0 spiro atoms. The number of aliphatic hydroxyl groups excluding tert-OH is 1. The topological polar surface area (TPSA) is 75.4 Å². The first-order valence-electron chi connectivity index (χ1n) is 9.14. The Hall–Kier alpha value is -2.47. The number of aliphatic hydroxyl groups is 1. The molecule has 26 heavy (non-hydrogen) atoms. The van der Waals surface area contributed by atoms with Crippen LogP contribution in [0.25, 0.3) is 0 Å². The summed E-state index contributed by atoms with van der Waals surface area (Å²) in [5, 5.41) is 14.7. The van der Waals surface area contributed by atoms with E-state index in [2.05, 4.69) is 5.10 Å². The van der Waals surface area contributed by atoms with Crippen LogP contribution < -0.4 is 5.56 Å². The van der Waals surface area contributed by atoms with Crippen LogP contribution in [0.15, 0.2) is 47.3 Å². The van der Waals surface area contributed by atoms with Gasteiger partial charge in [-0.25, -0.2) is 4.68 Å². The van der Waals surface area contributed by atoms with E-state index in [-0.39, 0.29) is 29.7 Å². The SMILES string of the molecule is Cn1nc(C(=O)N(C[C@H](O)c2ccccc2)C2CCCCC2)ccc1=O. The average molecular weight is 355 g/mol. The van der Waals surface area contributed by atoms with E-state index in [9.17, 15) is 14.7 Å². The Morgan fingerprint density at radius 3 is 2.54 bits per heavy atom. The highest BCUT2D eigenvalue weighted by molar-refractivity contribution is 5.92. The van der Waals surface area contributed by atoms with Crippen molar-refractivity contribution in [1.29, 1.82) is 0 Å². The van der Waals surface area contributed by atoms with E-state index in [1.807, 2.05) is 30.3 Å². The van der Waals surface area contributed by atoms with E-state index in [4.69, 9.17) is 0 Å². The van der Waals surface area contributed by atoms with Crippen LogP contribution in [0.2, 0.25) is 0 Å². The number of carbonyl (C=O) groups excluding carboxylic acids is 1. The monoisotopic (exact) mass is 355 g/mol. The number of rotatable bonds is 5. The molecule has 1 aromatic heterocycles. The number of aromatic nitrogens is 2. The Morgan fingerprint density at radius 1 is 1.19 bits per heavy atom. The molecule has 6 heteroatoms. The van der Waals surface area contributed by atoms with Crippen LogP contribution >= 0.6 is 0 Å². The van der Waals surface area contributed by atoms with Crippen molar-refractivity contribution in [3.05, 3.63) is 64.1 Å². The van der Waals surface area contributed by atoms with Crippen molar-refractivity contribution in [1.82, 2.24) is 14.7 Å². The maximum Gasteiger partial charge on any atom is 0.274 e. The van der Waals surface area contributed by atoms with Crippen molar-refractivity contribution >= 4 is 5.91 Å². The largest absolute Gasteiger partial charge is 0.387 e. The lowest BCUT2D eigenvalue weighted by molar-refractivity contribution is 0.0446. The second-order valence-corrected chi connectivity index (χ2v) is 6.86. The molecule has 1 aliphatic carbocycles. The van der Waals surface area contributed by atoms with Crippen LogP contribution in [-0.4, -0.2) is 38.3 Å². The van der Waals surface area contributed by atoms with E-state index in [0.717, 1.165) is 31.2 Å². The van der Waals surface area contributed by atoms with Gasteiger partial charge in [-0.1, -0.05) is 49.6 Å². The third-order valence-electron chi connectivity index (χ3n) is 5.01. The number of hydrogen-bond acceptors (Lipinski definition) is 4. The van der Waals surface area contributed by atoms with E-state index >= 15 is 0 Å².